The van der Waals surface area contributed by atoms with Crippen molar-refractivity contribution in [3.63, 3.8) is 0 Å². The molecule has 1 heterocycles. The van der Waals surface area contributed by atoms with Gasteiger partial charge in [0, 0.05) is 10.4 Å². The number of halogens is 2. The number of carbonyl (C=O) groups excluding carboxylic acids is 1. The Labute approximate surface area is 154 Å². The maximum absolute atomic E-state index is 12.7. The Bertz CT molecular complexity index is 840. The van der Waals surface area contributed by atoms with Crippen LogP contribution < -0.4 is 5.56 Å². The first-order chi connectivity index (χ1) is 11.1. The largest absolute Gasteiger partial charge is 0.463 e. The topological polar surface area (TPSA) is 61.2 Å². The van der Waals surface area contributed by atoms with Crippen LogP contribution in [0.5, 0.6) is 0 Å². The molecule has 0 radical (unpaired) electrons. The van der Waals surface area contributed by atoms with E-state index in [-0.39, 0.29) is 24.7 Å². The maximum Gasteiger partial charge on any atom is 0.311 e. The number of rotatable bonds is 4. The van der Waals surface area contributed by atoms with Crippen LogP contribution in [0, 0.1) is 12.3 Å². The van der Waals surface area contributed by atoms with E-state index in [1.165, 1.54) is 4.57 Å². The fourth-order valence-electron chi connectivity index (χ4n) is 2.21. The summed E-state index contributed by atoms with van der Waals surface area (Å²) >= 11 is 9.53. The number of hydrogen-bond acceptors (Lipinski definition) is 4. The number of hydrogen-bond donors (Lipinski definition) is 0. The number of alkyl halides is 1. The molecule has 0 spiro atoms. The Morgan fingerprint density at radius 2 is 2.04 bits per heavy atom. The summed E-state index contributed by atoms with van der Waals surface area (Å²) in [5.41, 5.74) is 0.666. The first-order valence-electron chi connectivity index (χ1n) is 7.58. The number of aryl methyl sites for hydroxylation is 1. The lowest BCUT2D eigenvalue weighted by molar-refractivity contribution is -0.153. The Morgan fingerprint density at radius 1 is 1.38 bits per heavy atom. The molecule has 7 heteroatoms. The second-order valence-corrected chi connectivity index (χ2v) is 7.56. The molecule has 0 saturated carbocycles. The Hall–Kier alpha value is -1.40. The lowest BCUT2D eigenvalue weighted by Crippen LogP contribution is -2.29. The Morgan fingerprint density at radius 3 is 2.62 bits per heavy atom. The molecule has 2 aromatic rings. The standard InChI is InChI=1S/C17H20BrClN2O3/c1-10-20-14-8-13(19)11(9-18)7-12(14)15(22)21(10)5-6-24-16(23)17(2,3)4/h7-8H,5-6,9H2,1-4H3. The molecule has 0 amide bonds. The van der Waals surface area contributed by atoms with Crippen molar-refractivity contribution in [2.75, 3.05) is 6.61 Å². The van der Waals surface area contributed by atoms with E-state index in [1.807, 2.05) is 0 Å². The first-order valence-corrected chi connectivity index (χ1v) is 9.08. The molecule has 24 heavy (non-hydrogen) atoms. The van der Waals surface area contributed by atoms with E-state index in [0.29, 0.717) is 27.1 Å². The Kier molecular flexibility index (Phi) is 5.71. The Balaban J connectivity index is 2.32. The number of nitrogens with zero attached hydrogens (tertiary/aromatic N) is 2. The fourth-order valence-corrected chi connectivity index (χ4v) is 3.06. The molecule has 0 aliphatic carbocycles. The minimum Gasteiger partial charge on any atom is -0.463 e. The summed E-state index contributed by atoms with van der Waals surface area (Å²) in [5.74, 6) is 0.261. The van der Waals surface area contributed by atoms with E-state index >= 15 is 0 Å². The van der Waals surface area contributed by atoms with Crippen LogP contribution in [0.3, 0.4) is 0 Å². The lowest BCUT2D eigenvalue weighted by atomic mass is 9.97. The molecular formula is C17H20BrClN2O3. The molecule has 5 nitrogen and oxygen atoms in total. The second kappa shape index (κ2) is 7.23. The molecule has 2 rings (SSSR count). The number of ether oxygens (including phenoxy) is 1. The SMILES string of the molecule is Cc1nc2cc(Cl)c(CBr)cc2c(=O)n1CCOC(=O)C(C)(C)C. The van der Waals surface area contributed by atoms with Gasteiger partial charge in [0.25, 0.3) is 5.56 Å². The van der Waals surface area contributed by atoms with Gasteiger partial charge in [-0.15, -0.1) is 0 Å². The molecule has 0 fully saturated rings. The minimum absolute atomic E-state index is 0.128. The number of esters is 1. The predicted molar refractivity (Wildman–Crippen MR) is 98.8 cm³/mol. The van der Waals surface area contributed by atoms with Crippen molar-refractivity contribution >= 4 is 44.4 Å². The quantitative estimate of drug-likeness (QED) is 0.562. The number of aromatic nitrogens is 2. The molecule has 130 valence electrons. The van der Waals surface area contributed by atoms with Gasteiger partial charge in [0.15, 0.2) is 0 Å². The molecule has 0 atom stereocenters. The zero-order chi connectivity index (χ0) is 18.1. The van der Waals surface area contributed by atoms with Crippen LogP contribution in [0.2, 0.25) is 5.02 Å². The molecule has 0 N–H and O–H groups in total. The molecule has 0 unspecified atom stereocenters. The summed E-state index contributed by atoms with van der Waals surface area (Å²) in [7, 11) is 0. The number of carbonyl (C=O) groups is 1. The molecule has 0 aliphatic rings. The van der Waals surface area contributed by atoms with Gasteiger partial charge >= 0.3 is 5.97 Å². The van der Waals surface area contributed by atoms with E-state index in [4.69, 9.17) is 16.3 Å². The highest BCUT2D eigenvalue weighted by molar-refractivity contribution is 9.08. The summed E-state index contributed by atoms with van der Waals surface area (Å²) in [6, 6.07) is 3.45. The van der Waals surface area contributed by atoms with Crippen molar-refractivity contribution in [3.8, 4) is 0 Å². The molecule has 0 aliphatic heterocycles. The predicted octanol–water partition coefficient (Wildman–Crippen LogP) is 3.84. The maximum atomic E-state index is 12.7. The first kappa shape index (κ1) is 18.9. The summed E-state index contributed by atoms with van der Waals surface area (Å²) in [6.07, 6.45) is 0. The normalized spacial score (nSPS) is 11.8. The van der Waals surface area contributed by atoms with Gasteiger partial charge in [-0.05, 0) is 45.4 Å². The lowest BCUT2D eigenvalue weighted by Gasteiger charge is -2.17. The van der Waals surface area contributed by atoms with Crippen LogP contribution in [0.1, 0.15) is 32.2 Å². The average Bonchev–Trinajstić information content (AvgIpc) is 2.48. The molecular weight excluding hydrogens is 396 g/mol. The molecule has 0 saturated heterocycles. The molecule has 1 aromatic carbocycles. The van der Waals surface area contributed by atoms with Crippen LogP contribution in [-0.2, 0) is 21.4 Å². The van der Waals surface area contributed by atoms with E-state index in [0.717, 1.165) is 5.56 Å². The summed E-state index contributed by atoms with van der Waals surface area (Å²) in [4.78, 5) is 29.0. The minimum atomic E-state index is -0.566. The van der Waals surface area contributed by atoms with Crippen molar-refractivity contribution in [1.82, 2.24) is 9.55 Å². The van der Waals surface area contributed by atoms with E-state index in [9.17, 15) is 9.59 Å². The van der Waals surface area contributed by atoms with E-state index in [1.54, 1.807) is 39.8 Å². The zero-order valence-electron chi connectivity index (χ0n) is 14.2. The second-order valence-electron chi connectivity index (χ2n) is 6.60. The summed E-state index contributed by atoms with van der Waals surface area (Å²) in [6.45, 7) is 7.50. The van der Waals surface area contributed by atoms with Crippen molar-refractivity contribution in [1.29, 1.82) is 0 Å². The van der Waals surface area contributed by atoms with Crippen LogP contribution in [-0.4, -0.2) is 22.1 Å². The van der Waals surface area contributed by atoms with Crippen molar-refractivity contribution < 1.29 is 9.53 Å². The average molecular weight is 416 g/mol. The van der Waals surface area contributed by atoms with Gasteiger partial charge < -0.3 is 4.74 Å². The van der Waals surface area contributed by atoms with Gasteiger partial charge in [0.1, 0.15) is 12.4 Å². The van der Waals surface area contributed by atoms with Crippen molar-refractivity contribution in [2.45, 2.75) is 39.6 Å². The van der Waals surface area contributed by atoms with Gasteiger partial charge in [-0.25, -0.2) is 4.98 Å². The van der Waals surface area contributed by atoms with Gasteiger partial charge in [-0.2, -0.15) is 0 Å². The van der Waals surface area contributed by atoms with Gasteiger partial charge in [0.05, 0.1) is 22.9 Å². The third kappa shape index (κ3) is 3.98. The molecule has 0 bridgehead atoms. The smallest absolute Gasteiger partial charge is 0.311 e. The third-order valence-corrected chi connectivity index (χ3v) is 4.57. The highest BCUT2D eigenvalue weighted by atomic mass is 79.9. The van der Waals surface area contributed by atoms with Gasteiger partial charge in [-0.1, -0.05) is 27.5 Å². The molecule has 1 aromatic heterocycles. The van der Waals surface area contributed by atoms with E-state index in [2.05, 4.69) is 20.9 Å². The summed E-state index contributed by atoms with van der Waals surface area (Å²) < 4.78 is 6.76. The van der Waals surface area contributed by atoms with E-state index < -0.39 is 5.41 Å². The van der Waals surface area contributed by atoms with Crippen LogP contribution in [0.15, 0.2) is 16.9 Å². The highest BCUT2D eigenvalue weighted by Gasteiger charge is 2.23. The van der Waals surface area contributed by atoms with Crippen LogP contribution >= 0.6 is 27.5 Å². The van der Waals surface area contributed by atoms with Gasteiger partial charge in [-0.3, -0.25) is 14.2 Å². The number of benzene rings is 1. The monoisotopic (exact) mass is 414 g/mol. The van der Waals surface area contributed by atoms with Gasteiger partial charge in [0.2, 0.25) is 0 Å². The fraction of sp³-hybridized carbons (Fsp3) is 0.471. The van der Waals surface area contributed by atoms with Crippen molar-refractivity contribution in [3.05, 3.63) is 38.9 Å². The zero-order valence-corrected chi connectivity index (χ0v) is 16.5. The van der Waals surface area contributed by atoms with Crippen LogP contribution in [0.25, 0.3) is 10.9 Å². The summed E-state index contributed by atoms with van der Waals surface area (Å²) in [5, 5.41) is 1.63. The highest BCUT2D eigenvalue weighted by Crippen LogP contribution is 2.23. The third-order valence-electron chi connectivity index (χ3n) is 3.62. The van der Waals surface area contributed by atoms with Crippen molar-refractivity contribution in [2.24, 2.45) is 5.41 Å². The number of fused-ring (bicyclic) bond motifs is 1. The van der Waals surface area contributed by atoms with Crippen LogP contribution in [0.4, 0.5) is 0 Å².